The normalized spacial score (nSPS) is 14.3. The summed E-state index contributed by atoms with van der Waals surface area (Å²) in [5, 5.41) is 0. The minimum atomic E-state index is -0.436. The van der Waals surface area contributed by atoms with Gasteiger partial charge in [0.05, 0.1) is 30.0 Å². The Hall–Kier alpha value is -2.98. The Bertz CT molecular complexity index is 868. The van der Waals surface area contributed by atoms with E-state index in [1.54, 1.807) is 6.07 Å². The fraction of sp³-hybridized carbons (Fsp3) is 0.381. The fourth-order valence-electron chi connectivity index (χ4n) is 3.17. The predicted octanol–water partition coefficient (Wildman–Crippen LogP) is 3.23. The molecule has 0 amide bonds. The third-order valence-electron chi connectivity index (χ3n) is 4.39. The van der Waals surface area contributed by atoms with Crippen molar-refractivity contribution in [2.24, 2.45) is 5.92 Å². The molecule has 6 nitrogen and oxygen atoms in total. The number of para-hydroxylation sites is 1. The molecule has 0 atom stereocenters. The largest absolute Gasteiger partial charge is 0.481 e. The summed E-state index contributed by atoms with van der Waals surface area (Å²) in [5.41, 5.74) is 1.73. The first-order valence-electron chi connectivity index (χ1n) is 8.87. The van der Waals surface area contributed by atoms with Gasteiger partial charge in [0, 0.05) is 25.5 Å². The molecule has 0 bridgehead atoms. The smallest absolute Gasteiger partial charge is 0.340 e. The number of esters is 1. The van der Waals surface area contributed by atoms with Gasteiger partial charge in [0.15, 0.2) is 11.7 Å². The third kappa shape index (κ3) is 3.91. The van der Waals surface area contributed by atoms with Gasteiger partial charge in [-0.05, 0) is 45.0 Å². The van der Waals surface area contributed by atoms with E-state index in [9.17, 15) is 9.59 Å². The van der Waals surface area contributed by atoms with Crippen LogP contribution in [0.5, 0.6) is 0 Å². The van der Waals surface area contributed by atoms with Crippen LogP contribution >= 0.6 is 0 Å². The lowest BCUT2D eigenvalue weighted by atomic mass is 9.95. The second-order valence-electron chi connectivity index (χ2n) is 7.54. The zero-order valence-electron chi connectivity index (χ0n) is 16.1. The van der Waals surface area contributed by atoms with Gasteiger partial charge in [-0.2, -0.15) is 0 Å². The Kier molecular flexibility index (Phi) is 5.10. The van der Waals surface area contributed by atoms with Crippen LogP contribution in [0.15, 0.2) is 48.5 Å². The first-order chi connectivity index (χ1) is 12.8. The molecule has 142 valence electrons. The molecule has 1 aliphatic rings. The monoisotopic (exact) mass is 368 g/mol. The molecule has 1 aliphatic heterocycles. The second-order valence-corrected chi connectivity index (χ2v) is 7.54. The van der Waals surface area contributed by atoms with Crippen molar-refractivity contribution in [3.63, 3.8) is 0 Å². The predicted molar refractivity (Wildman–Crippen MR) is 103 cm³/mol. The average molecular weight is 368 g/mol. The van der Waals surface area contributed by atoms with E-state index in [0.29, 0.717) is 24.4 Å². The van der Waals surface area contributed by atoms with Crippen LogP contribution in [0.4, 0.5) is 5.69 Å². The Labute approximate surface area is 159 Å². The van der Waals surface area contributed by atoms with Gasteiger partial charge >= 0.3 is 5.97 Å². The highest BCUT2D eigenvalue weighted by atomic mass is 16.5. The van der Waals surface area contributed by atoms with E-state index >= 15 is 0 Å². The number of anilines is 1. The maximum Gasteiger partial charge on any atom is 0.340 e. The Morgan fingerprint density at radius 2 is 1.81 bits per heavy atom. The number of hydrogen-bond donors (Lipinski definition) is 0. The van der Waals surface area contributed by atoms with Crippen LogP contribution in [0.25, 0.3) is 5.69 Å². The highest BCUT2D eigenvalue weighted by Gasteiger charge is 2.35. The van der Waals surface area contributed by atoms with Crippen LogP contribution in [-0.2, 0) is 14.3 Å². The molecule has 1 aromatic heterocycles. The number of rotatable bonds is 5. The zero-order chi connectivity index (χ0) is 19.6. The quantitative estimate of drug-likeness (QED) is 0.461. The van der Waals surface area contributed by atoms with Gasteiger partial charge in [-0.25, -0.2) is 9.59 Å². The van der Waals surface area contributed by atoms with E-state index in [-0.39, 0.29) is 11.9 Å². The van der Waals surface area contributed by atoms with E-state index in [0.717, 1.165) is 11.4 Å². The molecule has 0 spiro atoms. The van der Waals surface area contributed by atoms with E-state index in [2.05, 4.69) is 4.90 Å². The molecular weight excluding hydrogens is 344 g/mol. The van der Waals surface area contributed by atoms with E-state index in [1.807, 2.05) is 67.9 Å². The van der Waals surface area contributed by atoms with Crippen molar-refractivity contribution in [2.75, 3.05) is 25.1 Å². The first-order valence-corrected chi connectivity index (χ1v) is 8.87. The van der Waals surface area contributed by atoms with Crippen LogP contribution in [0.2, 0.25) is 0 Å². The Balaban J connectivity index is 1.89. The Morgan fingerprint density at radius 1 is 1.15 bits per heavy atom. The summed E-state index contributed by atoms with van der Waals surface area (Å²) in [4.78, 5) is 25.7. The molecule has 0 radical (unpaired) electrons. The number of carbonyl (C=O) groups excluding carboxylic acids is 2. The number of hydrogen-bond acceptors (Lipinski definition) is 5. The van der Waals surface area contributed by atoms with Gasteiger partial charge in [0.1, 0.15) is 5.60 Å². The summed E-state index contributed by atoms with van der Waals surface area (Å²) >= 11 is 0. The molecule has 6 heteroatoms. The average Bonchev–Trinajstić information content (AvgIpc) is 3.11. The van der Waals surface area contributed by atoms with Crippen molar-refractivity contribution in [3.8, 4) is 5.69 Å². The fourth-order valence-corrected chi connectivity index (χ4v) is 3.17. The highest BCUT2D eigenvalue weighted by Crippen LogP contribution is 2.36. The lowest BCUT2D eigenvalue weighted by Gasteiger charge is -2.42. The molecule has 3 rings (SSSR count). The van der Waals surface area contributed by atoms with Gasteiger partial charge in [0.25, 0.3) is 0 Å². The van der Waals surface area contributed by atoms with Crippen LogP contribution < -0.4 is 4.90 Å². The molecule has 0 N–H and O–H groups in total. The Morgan fingerprint density at radius 3 is 2.37 bits per heavy atom. The summed E-state index contributed by atoms with van der Waals surface area (Å²) < 4.78 is 12.6. The number of benzene rings is 1. The maximum atomic E-state index is 12.3. The molecule has 2 heterocycles. The van der Waals surface area contributed by atoms with E-state index in [4.69, 9.17) is 9.47 Å². The van der Waals surface area contributed by atoms with Crippen molar-refractivity contribution in [3.05, 3.63) is 54.0 Å². The summed E-state index contributed by atoms with van der Waals surface area (Å²) in [6.07, 6.45) is 3.78. The topological polar surface area (TPSA) is 60.8 Å². The molecule has 0 aliphatic carbocycles. The van der Waals surface area contributed by atoms with Crippen molar-refractivity contribution >= 4 is 17.6 Å². The van der Waals surface area contributed by atoms with Crippen molar-refractivity contribution in [1.29, 1.82) is 0 Å². The van der Waals surface area contributed by atoms with E-state index in [1.165, 1.54) is 7.11 Å². The second kappa shape index (κ2) is 7.33. The summed E-state index contributed by atoms with van der Waals surface area (Å²) in [7, 11) is 1.37. The number of carbonyl (C=O) groups is 1. The SMILES string of the molecule is COC(=O)c1cccc(N2CC(C(=C=O)OC(C)(C)C)C2)c1-n1cccc1. The molecule has 1 aromatic carbocycles. The summed E-state index contributed by atoms with van der Waals surface area (Å²) in [5.74, 6) is 1.90. The molecule has 0 unspecified atom stereocenters. The summed E-state index contributed by atoms with van der Waals surface area (Å²) in [6, 6.07) is 9.36. The highest BCUT2D eigenvalue weighted by molar-refractivity contribution is 5.96. The number of ether oxygens (including phenoxy) is 2. The van der Waals surface area contributed by atoms with Gasteiger partial charge in [-0.3, -0.25) is 0 Å². The maximum absolute atomic E-state index is 12.3. The number of nitrogens with zero attached hydrogens (tertiary/aromatic N) is 2. The van der Waals surface area contributed by atoms with Gasteiger partial charge in [0.2, 0.25) is 0 Å². The number of methoxy groups -OCH3 is 1. The summed E-state index contributed by atoms with van der Waals surface area (Å²) in [6.45, 7) is 6.97. The molecule has 0 saturated carbocycles. The minimum Gasteiger partial charge on any atom is -0.481 e. The van der Waals surface area contributed by atoms with Crippen LogP contribution in [0.3, 0.4) is 0 Å². The number of aromatic nitrogens is 1. The zero-order valence-corrected chi connectivity index (χ0v) is 16.1. The van der Waals surface area contributed by atoms with Crippen LogP contribution in [0.1, 0.15) is 31.1 Å². The third-order valence-corrected chi connectivity index (χ3v) is 4.39. The van der Waals surface area contributed by atoms with E-state index < -0.39 is 5.60 Å². The van der Waals surface area contributed by atoms with Crippen LogP contribution in [0, 0.1) is 5.92 Å². The molecular formula is C21H24N2O4. The molecule has 1 fully saturated rings. The first kappa shape index (κ1) is 18.8. The van der Waals surface area contributed by atoms with Crippen molar-refractivity contribution in [2.45, 2.75) is 26.4 Å². The molecule has 2 aromatic rings. The van der Waals surface area contributed by atoms with Crippen molar-refractivity contribution < 1.29 is 19.1 Å². The van der Waals surface area contributed by atoms with Gasteiger partial charge < -0.3 is 18.9 Å². The van der Waals surface area contributed by atoms with Crippen molar-refractivity contribution in [1.82, 2.24) is 4.57 Å². The van der Waals surface area contributed by atoms with Gasteiger partial charge in [-0.1, -0.05) is 6.07 Å². The minimum absolute atomic E-state index is 0.0129. The van der Waals surface area contributed by atoms with Crippen LogP contribution in [-0.4, -0.2) is 42.3 Å². The van der Waals surface area contributed by atoms with Gasteiger partial charge in [-0.15, -0.1) is 0 Å². The lowest BCUT2D eigenvalue weighted by Crippen LogP contribution is -2.49. The lowest BCUT2D eigenvalue weighted by molar-refractivity contribution is 0.0327. The standard InChI is InChI=1S/C21H24N2O4/c1-21(2,3)27-18(14-24)15-12-23(13-15)17-9-7-8-16(20(25)26-4)19(17)22-10-5-6-11-22/h5-11,15H,12-13H2,1-4H3. The molecule has 1 saturated heterocycles. The molecule has 27 heavy (non-hydrogen) atoms.